The predicted molar refractivity (Wildman–Crippen MR) is 95.3 cm³/mol. The summed E-state index contributed by atoms with van der Waals surface area (Å²) in [6, 6.07) is 11.6. The molecule has 2 aromatic rings. The third kappa shape index (κ3) is 5.46. The van der Waals surface area contributed by atoms with Gasteiger partial charge >= 0.3 is 12.1 Å². The lowest BCUT2D eigenvalue weighted by Gasteiger charge is -2.32. The lowest BCUT2D eigenvalue weighted by atomic mass is 10.1. The number of rotatable bonds is 6. The number of nitrogens with zero attached hydrogens (tertiary/aromatic N) is 1. The predicted octanol–water partition coefficient (Wildman–Crippen LogP) is 4.35. The highest BCUT2D eigenvalue weighted by molar-refractivity contribution is 5.66. The highest BCUT2D eigenvalue weighted by Gasteiger charge is 2.30. The van der Waals surface area contributed by atoms with Crippen molar-refractivity contribution in [3.63, 3.8) is 0 Å². The van der Waals surface area contributed by atoms with Gasteiger partial charge in [0.15, 0.2) is 0 Å². The van der Waals surface area contributed by atoms with E-state index in [1.807, 2.05) is 12.1 Å². The SMILES string of the molecule is O=C(O)CCN1CCOC(c2ccc(Oc3ccc(C(F)(F)F)cc3)cc2)C1. The van der Waals surface area contributed by atoms with Gasteiger partial charge in [-0.15, -0.1) is 0 Å². The summed E-state index contributed by atoms with van der Waals surface area (Å²) in [6.45, 7) is 2.30. The molecule has 0 bridgehead atoms. The Bertz CT molecular complexity index is 791. The van der Waals surface area contributed by atoms with E-state index in [4.69, 9.17) is 14.6 Å². The molecule has 1 aliphatic heterocycles. The number of halogens is 3. The van der Waals surface area contributed by atoms with Crippen molar-refractivity contribution in [1.29, 1.82) is 0 Å². The summed E-state index contributed by atoms with van der Waals surface area (Å²) in [4.78, 5) is 12.8. The summed E-state index contributed by atoms with van der Waals surface area (Å²) in [5, 5.41) is 8.81. The molecule has 3 rings (SSSR count). The molecule has 28 heavy (non-hydrogen) atoms. The van der Waals surface area contributed by atoms with Crippen LogP contribution < -0.4 is 4.74 Å². The standard InChI is InChI=1S/C20H20F3NO4/c21-20(22,23)15-3-7-17(8-4-15)28-16-5-1-14(2-6-16)18-13-24(11-12-27-18)10-9-19(25)26/h1-8,18H,9-13H2,(H,25,26). The molecule has 1 unspecified atom stereocenters. The Morgan fingerprint density at radius 1 is 1.11 bits per heavy atom. The maximum Gasteiger partial charge on any atom is 0.416 e. The highest BCUT2D eigenvalue weighted by atomic mass is 19.4. The van der Waals surface area contributed by atoms with E-state index in [9.17, 15) is 18.0 Å². The van der Waals surface area contributed by atoms with E-state index in [2.05, 4.69) is 4.90 Å². The number of alkyl halides is 3. The van der Waals surface area contributed by atoms with E-state index in [0.717, 1.165) is 17.7 Å². The van der Waals surface area contributed by atoms with Crippen LogP contribution in [0.15, 0.2) is 48.5 Å². The van der Waals surface area contributed by atoms with E-state index >= 15 is 0 Å². The number of carbonyl (C=O) groups is 1. The van der Waals surface area contributed by atoms with Crippen molar-refractivity contribution in [1.82, 2.24) is 4.90 Å². The first-order valence-corrected chi connectivity index (χ1v) is 8.82. The summed E-state index contributed by atoms with van der Waals surface area (Å²) in [5.41, 5.74) is 0.205. The van der Waals surface area contributed by atoms with Gasteiger partial charge in [0, 0.05) is 19.6 Å². The second-order valence-corrected chi connectivity index (χ2v) is 6.50. The number of carboxylic acids is 1. The number of carboxylic acid groups (broad SMARTS) is 1. The van der Waals surface area contributed by atoms with Gasteiger partial charge in [0.05, 0.1) is 24.7 Å². The lowest BCUT2D eigenvalue weighted by Crippen LogP contribution is -2.39. The van der Waals surface area contributed by atoms with Crippen molar-refractivity contribution in [3.05, 3.63) is 59.7 Å². The third-order valence-electron chi connectivity index (χ3n) is 4.46. The summed E-state index contributed by atoms with van der Waals surface area (Å²) in [5.74, 6) is -0.00984. The first-order valence-electron chi connectivity index (χ1n) is 8.82. The maximum absolute atomic E-state index is 12.6. The summed E-state index contributed by atoms with van der Waals surface area (Å²) in [6.07, 6.45) is -4.45. The molecule has 5 nitrogen and oxygen atoms in total. The van der Waals surface area contributed by atoms with Crippen LogP contribution >= 0.6 is 0 Å². The van der Waals surface area contributed by atoms with Gasteiger partial charge in [-0.25, -0.2) is 0 Å². The fraction of sp³-hybridized carbons (Fsp3) is 0.350. The Balaban J connectivity index is 1.59. The van der Waals surface area contributed by atoms with E-state index in [1.54, 1.807) is 12.1 Å². The summed E-state index contributed by atoms with van der Waals surface area (Å²) < 4.78 is 49.2. The van der Waals surface area contributed by atoms with Crippen molar-refractivity contribution < 1.29 is 32.5 Å². The molecule has 150 valence electrons. The molecule has 1 N–H and O–H groups in total. The van der Waals surface area contributed by atoms with Crippen LogP contribution in [0.5, 0.6) is 11.5 Å². The van der Waals surface area contributed by atoms with Gasteiger partial charge in [0.2, 0.25) is 0 Å². The van der Waals surface area contributed by atoms with Crippen molar-refractivity contribution >= 4 is 5.97 Å². The van der Waals surface area contributed by atoms with Crippen molar-refractivity contribution in [2.24, 2.45) is 0 Å². The zero-order valence-corrected chi connectivity index (χ0v) is 15.0. The Labute approximate surface area is 160 Å². The maximum atomic E-state index is 12.6. The molecule has 0 spiro atoms. The fourth-order valence-corrected chi connectivity index (χ4v) is 2.96. The van der Waals surface area contributed by atoms with E-state index in [1.165, 1.54) is 12.1 Å². The molecule has 0 saturated carbocycles. The molecule has 1 atom stereocenters. The molecule has 0 aliphatic carbocycles. The van der Waals surface area contributed by atoms with Gasteiger partial charge in [-0.05, 0) is 42.0 Å². The van der Waals surface area contributed by atoms with Crippen LogP contribution in [0.3, 0.4) is 0 Å². The van der Waals surface area contributed by atoms with E-state index in [-0.39, 0.29) is 12.5 Å². The lowest BCUT2D eigenvalue weighted by molar-refractivity contribution is -0.138. The summed E-state index contributed by atoms with van der Waals surface area (Å²) in [7, 11) is 0. The molecule has 8 heteroatoms. The number of benzene rings is 2. The molecule has 0 aromatic heterocycles. The Kier molecular flexibility index (Phi) is 6.21. The summed E-state index contributed by atoms with van der Waals surface area (Å²) >= 11 is 0. The van der Waals surface area contributed by atoms with Crippen LogP contribution in [-0.2, 0) is 15.7 Å². The molecular formula is C20H20F3NO4. The Hall–Kier alpha value is -2.58. The zero-order valence-electron chi connectivity index (χ0n) is 15.0. The smallest absolute Gasteiger partial charge is 0.416 e. The average Bonchev–Trinajstić information content (AvgIpc) is 2.67. The second kappa shape index (κ2) is 8.62. The fourth-order valence-electron chi connectivity index (χ4n) is 2.96. The number of ether oxygens (including phenoxy) is 2. The minimum absolute atomic E-state index is 0.0899. The molecule has 0 radical (unpaired) electrons. The van der Waals surface area contributed by atoms with Crippen molar-refractivity contribution in [2.75, 3.05) is 26.2 Å². The average molecular weight is 395 g/mol. The molecule has 1 heterocycles. The highest BCUT2D eigenvalue weighted by Crippen LogP contribution is 2.32. The minimum atomic E-state index is -4.38. The van der Waals surface area contributed by atoms with Crippen LogP contribution in [0.1, 0.15) is 23.7 Å². The first-order chi connectivity index (χ1) is 13.3. The van der Waals surface area contributed by atoms with Crippen molar-refractivity contribution in [3.8, 4) is 11.5 Å². The number of hydrogen-bond donors (Lipinski definition) is 1. The van der Waals surface area contributed by atoms with Gasteiger partial charge in [-0.3, -0.25) is 9.69 Å². The van der Waals surface area contributed by atoms with Gasteiger partial charge < -0.3 is 14.6 Å². The van der Waals surface area contributed by atoms with Crippen molar-refractivity contribution in [2.45, 2.75) is 18.7 Å². The quantitative estimate of drug-likeness (QED) is 0.788. The topological polar surface area (TPSA) is 59.0 Å². The normalized spacial score (nSPS) is 18.0. The van der Waals surface area contributed by atoms with E-state index in [0.29, 0.717) is 37.7 Å². The molecular weight excluding hydrogens is 375 g/mol. The first kappa shape index (κ1) is 20.2. The Morgan fingerprint density at radius 2 is 1.71 bits per heavy atom. The van der Waals surface area contributed by atoms with E-state index < -0.39 is 17.7 Å². The number of hydrogen-bond acceptors (Lipinski definition) is 4. The Morgan fingerprint density at radius 3 is 2.29 bits per heavy atom. The number of morpholine rings is 1. The molecule has 2 aromatic carbocycles. The molecule has 1 saturated heterocycles. The van der Waals surface area contributed by atoms with Gasteiger partial charge in [0.1, 0.15) is 11.5 Å². The molecule has 1 aliphatic rings. The van der Waals surface area contributed by atoms with Crippen LogP contribution in [0, 0.1) is 0 Å². The van der Waals surface area contributed by atoms with Crippen LogP contribution in [0.4, 0.5) is 13.2 Å². The molecule has 1 fully saturated rings. The third-order valence-corrected chi connectivity index (χ3v) is 4.46. The van der Waals surface area contributed by atoms with Gasteiger partial charge in [-0.1, -0.05) is 12.1 Å². The zero-order chi connectivity index (χ0) is 20.1. The van der Waals surface area contributed by atoms with Gasteiger partial charge in [0.25, 0.3) is 0 Å². The monoisotopic (exact) mass is 395 g/mol. The minimum Gasteiger partial charge on any atom is -0.481 e. The molecule has 0 amide bonds. The van der Waals surface area contributed by atoms with Crippen LogP contribution in [0.25, 0.3) is 0 Å². The second-order valence-electron chi connectivity index (χ2n) is 6.50. The number of aliphatic carboxylic acids is 1. The van der Waals surface area contributed by atoms with Crippen LogP contribution in [0.2, 0.25) is 0 Å². The largest absolute Gasteiger partial charge is 0.481 e. The van der Waals surface area contributed by atoms with Crippen LogP contribution in [-0.4, -0.2) is 42.2 Å². The van der Waals surface area contributed by atoms with Gasteiger partial charge in [-0.2, -0.15) is 13.2 Å².